The molecule has 2 aromatic carbocycles. The van der Waals surface area contributed by atoms with Crippen LogP contribution < -0.4 is 16.6 Å². The van der Waals surface area contributed by atoms with Gasteiger partial charge in [-0.2, -0.15) is 0 Å². The Morgan fingerprint density at radius 3 is 2.44 bits per heavy atom. The first-order valence-corrected chi connectivity index (χ1v) is 12.7. The molecule has 11 heteroatoms. The van der Waals surface area contributed by atoms with Gasteiger partial charge in [-0.15, -0.1) is 0 Å². The molecule has 0 saturated carbocycles. The molecule has 4 heterocycles. The van der Waals surface area contributed by atoms with Gasteiger partial charge in [0.25, 0.3) is 11.5 Å². The lowest BCUT2D eigenvalue weighted by Crippen LogP contribution is -2.25. The van der Waals surface area contributed by atoms with Gasteiger partial charge in [0.1, 0.15) is 34.9 Å². The maximum absolute atomic E-state index is 13.2. The number of aromatic nitrogens is 7. The van der Waals surface area contributed by atoms with E-state index in [1.54, 1.807) is 66.2 Å². The number of nitrogens with one attached hydrogen (secondary N) is 1. The molecular formula is C30H25N9O2. The summed E-state index contributed by atoms with van der Waals surface area (Å²) in [4.78, 5) is 44.2. The number of nitrogens with two attached hydrogens (primary N) is 1. The molecule has 0 radical (unpaired) electrons. The zero-order chi connectivity index (χ0) is 28.5. The molecule has 4 aromatic heterocycles. The van der Waals surface area contributed by atoms with Crippen molar-refractivity contribution in [3.63, 3.8) is 0 Å². The standard InChI is InChI=1S/C30H25N9O2/c1-19-26(30(41)39(37(19)2)22-7-4-3-5-8-22)29(40)34-21-13-11-20(12-14-21)27-28(31)33-17-24(36-27)23-9-6-10-25(35-23)38-16-15-32-18-38/h3-18H,1-2H3,(H2,31,33)(H,34,40). The first-order chi connectivity index (χ1) is 19.9. The number of rotatable bonds is 6. The summed E-state index contributed by atoms with van der Waals surface area (Å²) in [5.41, 5.74) is 10.0. The molecule has 6 rings (SSSR count). The molecule has 0 saturated heterocycles. The Hall–Kier alpha value is -5.84. The first-order valence-electron chi connectivity index (χ1n) is 12.7. The lowest BCUT2D eigenvalue weighted by atomic mass is 10.1. The minimum Gasteiger partial charge on any atom is -0.382 e. The summed E-state index contributed by atoms with van der Waals surface area (Å²) in [5, 5.41) is 2.83. The molecule has 0 spiro atoms. The fourth-order valence-electron chi connectivity index (χ4n) is 4.57. The Labute approximate surface area is 234 Å². The van der Waals surface area contributed by atoms with Crippen molar-refractivity contribution in [3.05, 3.63) is 119 Å². The lowest BCUT2D eigenvalue weighted by molar-refractivity contribution is 0.102. The maximum atomic E-state index is 13.2. The van der Waals surface area contributed by atoms with Crippen LogP contribution in [0, 0.1) is 6.92 Å². The second kappa shape index (κ2) is 10.4. The number of pyridine rings is 1. The van der Waals surface area contributed by atoms with Gasteiger partial charge in [-0.1, -0.05) is 36.4 Å². The van der Waals surface area contributed by atoms with E-state index in [1.165, 1.54) is 4.68 Å². The summed E-state index contributed by atoms with van der Waals surface area (Å²) in [6.45, 7) is 1.74. The molecule has 0 aliphatic carbocycles. The normalized spacial score (nSPS) is 11.0. The van der Waals surface area contributed by atoms with Crippen LogP contribution in [0.2, 0.25) is 0 Å². The third-order valence-electron chi connectivity index (χ3n) is 6.76. The summed E-state index contributed by atoms with van der Waals surface area (Å²) < 4.78 is 4.95. The molecule has 6 aromatic rings. The van der Waals surface area contributed by atoms with Gasteiger partial charge in [0.05, 0.1) is 23.3 Å². The number of benzene rings is 2. The number of imidazole rings is 1. The van der Waals surface area contributed by atoms with E-state index >= 15 is 0 Å². The van der Waals surface area contributed by atoms with Crippen LogP contribution in [0.1, 0.15) is 16.1 Å². The summed E-state index contributed by atoms with van der Waals surface area (Å²) in [5.74, 6) is 0.470. The zero-order valence-corrected chi connectivity index (χ0v) is 22.3. The van der Waals surface area contributed by atoms with Gasteiger partial charge in [-0.25, -0.2) is 24.6 Å². The molecule has 3 N–H and O–H groups in total. The Morgan fingerprint density at radius 2 is 1.71 bits per heavy atom. The maximum Gasteiger partial charge on any atom is 0.284 e. The summed E-state index contributed by atoms with van der Waals surface area (Å²) in [6, 6.07) is 21.8. The summed E-state index contributed by atoms with van der Waals surface area (Å²) in [6.07, 6.45) is 6.75. The fourth-order valence-corrected chi connectivity index (χ4v) is 4.57. The minimum atomic E-state index is -0.490. The molecule has 0 fully saturated rings. The third kappa shape index (κ3) is 4.76. The molecule has 0 atom stereocenters. The quantitative estimate of drug-likeness (QED) is 0.323. The van der Waals surface area contributed by atoms with Gasteiger partial charge in [0, 0.05) is 30.7 Å². The number of carbonyl (C=O) groups is 1. The largest absolute Gasteiger partial charge is 0.382 e. The highest BCUT2D eigenvalue weighted by Gasteiger charge is 2.22. The monoisotopic (exact) mass is 543 g/mol. The smallest absolute Gasteiger partial charge is 0.284 e. The average molecular weight is 544 g/mol. The Kier molecular flexibility index (Phi) is 6.44. The number of carbonyl (C=O) groups excluding carboxylic acids is 1. The molecule has 202 valence electrons. The molecule has 0 aliphatic heterocycles. The van der Waals surface area contributed by atoms with Crippen molar-refractivity contribution in [3.8, 4) is 34.2 Å². The molecule has 1 amide bonds. The van der Waals surface area contributed by atoms with Crippen LogP contribution in [0.15, 0.2) is 103 Å². The van der Waals surface area contributed by atoms with E-state index in [9.17, 15) is 9.59 Å². The predicted octanol–water partition coefficient (Wildman–Crippen LogP) is 4.02. The summed E-state index contributed by atoms with van der Waals surface area (Å²) >= 11 is 0. The van der Waals surface area contributed by atoms with Crippen molar-refractivity contribution in [2.24, 2.45) is 7.05 Å². The van der Waals surface area contributed by atoms with E-state index in [1.807, 2.05) is 54.7 Å². The number of para-hydroxylation sites is 1. The lowest BCUT2D eigenvalue weighted by Gasteiger charge is -2.10. The van der Waals surface area contributed by atoms with E-state index in [0.717, 1.165) is 0 Å². The van der Waals surface area contributed by atoms with E-state index in [4.69, 9.17) is 10.7 Å². The van der Waals surface area contributed by atoms with Gasteiger partial charge in [0.15, 0.2) is 0 Å². The Balaban J connectivity index is 1.25. The van der Waals surface area contributed by atoms with Crippen LogP contribution in [0.5, 0.6) is 0 Å². The van der Waals surface area contributed by atoms with Crippen LogP contribution in [0.3, 0.4) is 0 Å². The van der Waals surface area contributed by atoms with Crippen molar-refractivity contribution >= 4 is 17.4 Å². The first kappa shape index (κ1) is 25.4. The van der Waals surface area contributed by atoms with Crippen molar-refractivity contribution < 1.29 is 4.79 Å². The summed E-state index contributed by atoms with van der Waals surface area (Å²) in [7, 11) is 1.75. The van der Waals surface area contributed by atoms with E-state index < -0.39 is 11.5 Å². The predicted molar refractivity (Wildman–Crippen MR) is 156 cm³/mol. The van der Waals surface area contributed by atoms with E-state index in [2.05, 4.69) is 20.3 Å². The number of amides is 1. The van der Waals surface area contributed by atoms with Gasteiger partial charge in [-0.3, -0.25) is 18.8 Å². The van der Waals surface area contributed by atoms with Crippen LogP contribution in [-0.2, 0) is 7.05 Å². The van der Waals surface area contributed by atoms with E-state index in [0.29, 0.717) is 45.5 Å². The van der Waals surface area contributed by atoms with Gasteiger partial charge < -0.3 is 11.1 Å². The average Bonchev–Trinajstić information content (AvgIpc) is 3.61. The van der Waals surface area contributed by atoms with E-state index in [-0.39, 0.29) is 11.4 Å². The van der Waals surface area contributed by atoms with Crippen LogP contribution in [0.4, 0.5) is 11.5 Å². The van der Waals surface area contributed by atoms with Gasteiger partial charge >= 0.3 is 0 Å². The van der Waals surface area contributed by atoms with Gasteiger partial charge in [0.2, 0.25) is 0 Å². The topological polar surface area (TPSA) is 139 Å². The highest BCUT2D eigenvalue weighted by Crippen LogP contribution is 2.27. The Bertz CT molecular complexity index is 1920. The molecule has 0 aliphatic rings. The van der Waals surface area contributed by atoms with Crippen LogP contribution in [0.25, 0.3) is 34.2 Å². The second-order valence-corrected chi connectivity index (χ2v) is 9.31. The molecular weight excluding hydrogens is 518 g/mol. The number of hydrogen-bond donors (Lipinski definition) is 2. The van der Waals surface area contributed by atoms with Crippen LogP contribution >= 0.6 is 0 Å². The van der Waals surface area contributed by atoms with Crippen LogP contribution in [-0.4, -0.2) is 39.8 Å². The SMILES string of the molecule is Cc1c(C(=O)Nc2ccc(-c3nc(-c4cccc(-n5ccnc5)n4)cnc3N)cc2)c(=O)n(-c2ccccc2)n1C. The second-order valence-electron chi connectivity index (χ2n) is 9.31. The molecule has 0 bridgehead atoms. The zero-order valence-electron chi connectivity index (χ0n) is 22.3. The van der Waals surface area contributed by atoms with Crippen molar-refractivity contribution in [2.75, 3.05) is 11.1 Å². The number of hydrogen-bond acceptors (Lipinski definition) is 7. The van der Waals surface area contributed by atoms with Gasteiger partial charge in [-0.05, 0) is 43.3 Å². The third-order valence-corrected chi connectivity index (χ3v) is 6.76. The number of anilines is 2. The molecule has 11 nitrogen and oxygen atoms in total. The van der Waals surface area contributed by atoms with Crippen molar-refractivity contribution in [2.45, 2.75) is 6.92 Å². The highest BCUT2D eigenvalue weighted by atomic mass is 16.2. The minimum absolute atomic E-state index is 0.0775. The van der Waals surface area contributed by atoms with Crippen molar-refractivity contribution in [1.82, 2.24) is 33.9 Å². The Morgan fingerprint density at radius 1 is 0.927 bits per heavy atom. The van der Waals surface area contributed by atoms with Crippen molar-refractivity contribution in [1.29, 1.82) is 0 Å². The number of nitrogen functional groups attached to an aromatic ring is 1. The molecule has 0 unspecified atom stereocenters. The highest BCUT2D eigenvalue weighted by molar-refractivity contribution is 6.05. The molecule has 41 heavy (non-hydrogen) atoms. The number of nitrogens with zero attached hydrogens (tertiary/aromatic N) is 7. The fraction of sp³-hybridized carbons (Fsp3) is 0.0667.